The number of methoxy groups -OCH3 is 1. The van der Waals surface area contributed by atoms with Crippen molar-refractivity contribution in [2.45, 2.75) is 6.10 Å². The normalized spacial score (nSPS) is 24.4. The number of amides is 1. The molecule has 0 aromatic heterocycles. The molecule has 0 unspecified atom stereocenters. The Morgan fingerprint density at radius 3 is 2.31 bits per heavy atom. The maximum atomic E-state index is 10.5. The predicted molar refractivity (Wildman–Crippen MR) is 61.3 cm³/mol. The molecule has 0 N–H and O–H groups in total. The second-order valence-corrected chi connectivity index (χ2v) is 4.60. The van der Waals surface area contributed by atoms with E-state index in [0.717, 1.165) is 58.8 Å². The van der Waals surface area contributed by atoms with E-state index in [0.29, 0.717) is 6.10 Å². The summed E-state index contributed by atoms with van der Waals surface area (Å²) in [5.41, 5.74) is 0. The number of piperazine rings is 1. The van der Waals surface area contributed by atoms with Gasteiger partial charge in [-0.05, 0) is 0 Å². The highest BCUT2D eigenvalue weighted by atomic mass is 16.5. The molecular weight excluding hydrogens is 206 g/mol. The third-order valence-electron chi connectivity index (χ3n) is 3.55. The average molecular weight is 227 g/mol. The van der Waals surface area contributed by atoms with Crippen LogP contribution in [0.5, 0.6) is 0 Å². The van der Waals surface area contributed by atoms with Gasteiger partial charge in [0.05, 0.1) is 6.10 Å². The number of nitrogens with zero attached hydrogens (tertiary/aromatic N) is 3. The Morgan fingerprint density at radius 1 is 1.12 bits per heavy atom. The number of likely N-dealkylation sites (tertiary alicyclic amines) is 1. The van der Waals surface area contributed by atoms with E-state index in [1.54, 1.807) is 7.11 Å². The molecule has 0 atom stereocenters. The first-order valence-corrected chi connectivity index (χ1v) is 5.98. The molecule has 2 heterocycles. The summed E-state index contributed by atoms with van der Waals surface area (Å²) < 4.78 is 5.24. The van der Waals surface area contributed by atoms with Crippen LogP contribution in [0.4, 0.5) is 0 Å². The van der Waals surface area contributed by atoms with E-state index in [1.807, 2.05) is 4.90 Å². The van der Waals surface area contributed by atoms with Gasteiger partial charge in [0.25, 0.3) is 0 Å². The van der Waals surface area contributed by atoms with Gasteiger partial charge in [0.1, 0.15) is 0 Å². The predicted octanol–water partition coefficient (Wildman–Crippen LogP) is -0.909. The van der Waals surface area contributed by atoms with E-state index < -0.39 is 0 Å². The minimum absolute atomic E-state index is 0.451. The molecule has 2 fully saturated rings. The van der Waals surface area contributed by atoms with Crippen molar-refractivity contribution in [2.24, 2.45) is 0 Å². The molecule has 1 amide bonds. The first-order valence-electron chi connectivity index (χ1n) is 5.98. The van der Waals surface area contributed by atoms with Gasteiger partial charge in [0, 0.05) is 59.5 Å². The Balaban J connectivity index is 1.56. The maximum Gasteiger partial charge on any atom is 0.209 e. The van der Waals surface area contributed by atoms with Crippen LogP contribution in [0, 0.1) is 0 Å². The number of ether oxygens (including phenoxy) is 1. The molecule has 0 aliphatic carbocycles. The number of rotatable bonds is 5. The first-order chi connectivity index (χ1) is 7.81. The fourth-order valence-electron chi connectivity index (χ4n) is 2.23. The molecular formula is C11H21N3O2. The molecule has 0 aromatic rings. The summed E-state index contributed by atoms with van der Waals surface area (Å²) >= 11 is 0. The van der Waals surface area contributed by atoms with E-state index in [-0.39, 0.29) is 0 Å². The zero-order valence-corrected chi connectivity index (χ0v) is 9.97. The van der Waals surface area contributed by atoms with Gasteiger partial charge >= 0.3 is 0 Å². The fraction of sp³-hybridized carbons (Fsp3) is 0.909. The summed E-state index contributed by atoms with van der Waals surface area (Å²) in [6.45, 7) is 8.18. The Hall–Kier alpha value is -0.650. The SMILES string of the molecule is COC1CN(CCN2CCN(C=O)CC2)C1. The van der Waals surface area contributed by atoms with E-state index in [1.165, 1.54) is 0 Å². The van der Waals surface area contributed by atoms with Crippen molar-refractivity contribution in [2.75, 3.05) is 59.5 Å². The monoisotopic (exact) mass is 227 g/mol. The second kappa shape index (κ2) is 5.61. The van der Waals surface area contributed by atoms with Crippen molar-refractivity contribution < 1.29 is 9.53 Å². The second-order valence-electron chi connectivity index (χ2n) is 4.60. The van der Waals surface area contributed by atoms with Gasteiger partial charge in [-0.3, -0.25) is 14.6 Å². The third kappa shape index (κ3) is 2.93. The van der Waals surface area contributed by atoms with Crippen LogP contribution in [-0.2, 0) is 9.53 Å². The molecule has 2 saturated heterocycles. The van der Waals surface area contributed by atoms with Gasteiger partial charge in [-0.25, -0.2) is 0 Å². The molecule has 92 valence electrons. The van der Waals surface area contributed by atoms with Crippen LogP contribution in [0.3, 0.4) is 0 Å². The van der Waals surface area contributed by atoms with Crippen molar-refractivity contribution in [1.82, 2.24) is 14.7 Å². The highest BCUT2D eigenvalue weighted by Gasteiger charge is 2.26. The summed E-state index contributed by atoms with van der Waals surface area (Å²) in [6, 6.07) is 0. The van der Waals surface area contributed by atoms with Crippen LogP contribution in [0.1, 0.15) is 0 Å². The van der Waals surface area contributed by atoms with E-state index in [9.17, 15) is 4.79 Å². The first kappa shape index (κ1) is 11.8. The summed E-state index contributed by atoms with van der Waals surface area (Å²) in [5.74, 6) is 0. The largest absolute Gasteiger partial charge is 0.379 e. The number of hydrogen-bond donors (Lipinski definition) is 0. The molecule has 0 bridgehead atoms. The highest BCUT2D eigenvalue weighted by molar-refractivity contribution is 5.47. The van der Waals surface area contributed by atoms with Gasteiger partial charge in [-0.1, -0.05) is 0 Å². The Morgan fingerprint density at radius 2 is 1.75 bits per heavy atom. The fourth-order valence-corrected chi connectivity index (χ4v) is 2.23. The Labute approximate surface area is 96.9 Å². The lowest BCUT2D eigenvalue weighted by Crippen LogP contribution is -2.55. The van der Waals surface area contributed by atoms with E-state index in [4.69, 9.17) is 4.74 Å². The number of hydrogen-bond acceptors (Lipinski definition) is 4. The molecule has 0 saturated carbocycles. The Kier molecular flexibility index (Phi) is 4.15. The summed E-state index contributed by atoms with van der Waals surface area (Å²) in [4.78, 5) is 17.2. The van der Waals surface area contributed by atoms with Crippen molar-refractivity contribution in [3.63, 3.8) is 0 Å². The molecule has 2 aliphatic heterocycles. The van der Waals surface area contributed by atoms with Gasteiger partial charge in [0.15, 0.2) is 0 Å². The van der Waals surface area contributed by atoms with Crippen LogP contribution < -0.4 is 0 Å². The van der Waals surface area contributed by atoms with Crippen LogP contribution in [0.2, 0.25) is 0 Å². The molecule has 5 heteroatoms. The van der Waals surface area contributed by atoms with Crippen LogP contribution in [0.25, 0.3) is 0 Å². The number of carbonyl (C=O) groups excluding carboxylic acids is 1. The van der Waals surface area contributed by atoms with Gasteiger partial charge in [-0.15, -0.1) is 0 Å². The summed E-state index contributed by atoms with van der Waals surface area (Å²) in [6.07, 6.45) is 1.41. The standard InChI is InChI=1S/C11H21N3O2/c1-16-11-8-14(9-11)7-4-12-2-5-13(10-15)6-3-12/h10-11H,2-9H2,1H3. The minimum atomic E-state index is 0.451. The lowest BCUT2D eigenvalue weighted by Gasteiger charge is -2.40. The summed E-state index contributed by atoms with van der Waals surface area (Å²) in [7, 11) is 1.78. The maximum absolute atomic E-state index is 10.5. The van der Waals surface area contributed by atoms with Crippen molar-refractivity contribution in [3.8, 4) is 0 Å². The molecule has 0 spiro atoms. The molecule has 0 radical (unpaired) electrons. The number of carbonyl (C=O) groups is 1. The zero-order chi connectivity index (χ0) is 11.4. The van der Waals surface area contributed by atoms with Crippen LogP contribution in [-0.4, -0.2) is 86.7 Å². The van der Waals surface area contributed by atoms with E-state index in [2.05, 4.69) is 9.80 Å². The minimum Gasteiger partial charge on any atom is -0.379 e. The van der Waals surface area contributed by atoms with Crippen molar-refractivity contribution >= 4 is 6.41 Å². The van der Waals surface area contributed by atoms with Crippen molar-refractivity contribution in [1.29, 1.82) is 0 Å². The van der Waals surface area contributed by atoms with Crippen molar-refractivity contribution in [3.05, 3.63) is 0 Å². The lowest BCUT2D eigenvalue weighted by molar-refractivity contribution is -0.119. The van der Waals surface area contributed by atoms with Crippen LogP contribution in [0.15, 0.2) is 0 Å². The summed E-state index contributed by atoms with van der Waals surface area (Å²) in [5, 5.41) is 0. The average Bonchev–Trinajstić information content (AvgIpc) is 2.28. The lowest BCUT2D eigenvalue weighted by atomic mass is 10.1. The van der Waals surface area contributed by atoms with Gasteiger partial charge < -0.3 is 9.64 Å². The quantitative estimate of drug-likeness (QED) is 0.570. The third-order valence-corrected chi connectivity index (χ3v) is 3.55. The Bertz CT molecular complexity index is 223. The molecule has 0 aromatic carbocycles. The smallest absolute Gasteiger partial charge is 0.209 e. The van der Waals surface area contributed by atoms with E-state index >= 15 is 0 Å². The molecule has 16 heavy (non-hydrogen) atoms. The van der Waals surface area contributed by atoms with Gasteiger partial charge in [-0.2, -0.15) is 0 Å². The van der Waals surface area contributed by atoms with Gasteiger partial charge in [0.2, 0.25) is 6.41 Å². The highest BCUT2D eigenvalue weighted by Crippen LogP contribution is 2.10. The topological polar surface area (TPSA) is 36.0 Å². The molecule has 2 rings (SSSR count). The molecule has 5 nitrogen and oxygen atoms in total. The molecule has 2 aliphatic rings. The van der Waals surface area contributed by atoms with Crippen LogP contribution >= 0.6 is 0 Å². The zero-order valence-electron chi connectivity index (χ0n) is 9.97.